The Balaban J connectivity index is 2.20. The number of pyridine rings is 1. The molecule has 1 fully saturated rings. The molecule has 0 aliphatic carbocycles. The molecule has 1 aliphatic rings. The van der Waals surface area contributed by atoms with Crippen molar-refractivity contribution in [2.75, 3.05) is 5.32 Å². The SMILES string of the molecule is CC(C)(C)OC(=O)Nc1cc(Br)nc(B2OC(C)(C)C(C)(C)O2)c1. The molecule has 8 heteroatoms. The first-order valence-electron chi connectivity index (χ1n) is 7.82. The number of nitrogens with one attached hydrogen (secondary N) is 1. The lowest BCUT2D eigenvalue weighted by atomic mass is 9.84. The van der Waals surface area contributed by atoms with Gasteiger partial charge in [-0.2, -0.15) is 0 Å². The average Bonchev–Trinajstić information content (AvgIpc) is 2.55. The Morgan fingerprint density at radius 2 is 1.75 bits per heavy atom. The van der Waals surface area contributed by atoms with E-state index in [0.717, 1.165) is 0 Å². The lowest BCUT2D eigenvalue weighted by Crippen LogP contribution is -2.41. The van der Waals surface area contributed by atoms with Gasteiger partial charge in [-0.1, -0.05) is 0 Å². The third kappa shape index (κ3) is 4.49. The van der Waals surface area contributed by atoms with Crippen molar-refractivity contribution in [3.63, 3.8) is 0 Å². The van der Waals surface area contributed by atoms with Gasteiger partial charge < -0.3 is 14.0 Å². The molecule has 1 N–H and O–H groups in total. The average molecular weight is 399 g/mol. The molecular weight excluding hydrogens is 375 g/mol. The molecule has 1 saturated heterocycles. The molecule has 132 valence electrons. The summed E-state index contributed by atoms with van der Waals surface area (Å²) in [6.07, 6.45) is -0.527. The maximum Gasteiger partial charge on any atom is 0.514 e. The van der Waals surface area contributed by atoms with E-state index in [1.165, 1.54) is 0 Å². The molecule has 1 aromatic heterocycles. The van der Waals surface area contributed by atoms with E-state index in [9.17, 15) is 4.79 Å². The van der Waals surface area contributed by atoms with E-state index in [2.05, 4.69) is 26.2 Å². The number of rotatable bonds is 2. The Kier molecular flexibility index (Phi) is 5.05. The quantitative estimate of drug-likeness (QED) is 0.609. The number of halogens is 1. The second-order valence-corrected chi connectivity index (χ2v) is 8.63. The Morgan fingerprint density at radius 3 is 2.25 bits per heavy atom. The van der Waals surface area contributed by atoms with Gasteiger partial charge in [0.1, 0.15) is 10.2 Å². The molecule has 0 radical (unpaired) electrons. The summed E-state index contributed by atoms with van der Waals surface area (Å²) in [7, 11) is -0.605. The highest BCUT2D eigenvalue weighted by molar-refractivity contribution is 9.10. The van der Waals surface area contributed by atoms with Gasteiger partial charge in [0.2, 0.25) is 0 Å². The van der Waals surface area contributed by atoms with Crippen molar-refractivity contribution >= 4 is 40.4 Å². The Bertz CT molecular complexity index is 627. The number of aromatic nitrogens is 1. The van der Waals surface area contributed by atoms with Crippen LogP contribution in [0.1, 0.15) is 48.5 Å². The summed E-state index contributed by atoms with van der Waals surface area (Å²) in [5.41, 5.74) is -0.353. The molecule has 6 nitrogen and oxygen atoms in total. The first kappa shape index (κ1) is 19.2. The zero-order valence-electron chi connectivity index (χ0n) is 15.2. The van der Waals surface area contributed by atoms with E-state index >= 15 is 0 Å². The van der Waals surface area contributed by atoms with Crippen molar-refractivity contribution in [1.82, 2.24) is 4.98 Å². The highest BCUT2D eigenvalue weighted by Gasteiger charge is 2.52. The third-order valence-corrected chi connectivity index (χ3v) is 4.36. The predicted octanol–water partition coefficient (Wildman–Crippen LogP) is 3.49. The van der Waals surface area contributed by atoms with E-state index in [1.54, 1.807) is 12.1 Å². The molecule has 0 saturated carbocycles. The van der Waals surface area contributed by atoms with Gasteiger partial charge in [-0.05, 0) is 76.5 Å². The van der Waals surface area contributed by atoms with Gasteiger partial charge in [-0.3, -0.25) is 5.32 Å². The van der Waals surface area contributed by atoms with Crippen LogP contribution < -0.4 is 10.9 Å². The highest BCUT2D eigenvalue weighted by Crippen LogP contribution is 2.36. The fourth-order valence-corrected chi connectivity index (χ4v) is 2.55. The van der Waals surface area contributed by atoms with Crippen molar-refractivity contribution in [1.29, 1.82) is 0 Å². The number of amides is 1. The number of hydrogen-bond acceptors (Lipinski definition) is 5. The minimum absolute atomic E-state index is 0.458. The van der Waals surface area contributed by atoms with Crippen LogP contribution in [-0.2, 0) is 14.0 Å². The lowest BCUT2D eigenvalue weighted by molar-refractivity contribution is 0.00578. The van der Waals surface area contributed by atoms with Crippen LogP contribution in [0.25, 0.3) is 0 Å². The van der Waals surface area contributed by atoms with Crippen LogP contribution in [-0.4, -0.2) is 35.0 Å². The van der Waals surface area contributed by atoms with E-state index in [4.69, 9.17) is 14.0 Å². The van der Waals surface area contributed by atoms with E-state index < -0.39 is 30.0 Å². The maximum atomic E-state index is 11.9. The standard InChI is InChI=1S/C16H24BBrN2O4/c1-14(2,3)22-13(21)19-10-8-11(20-12(18)9-10)17-23-15(4,5)16(6,7)24-17/h8-9H,1-7H3,(H,19,20,21). The molecule has 0 bridgehead atoms. The van der Waals surface area contributed by atoms with Gasteiger partial charge in [0.05, 0.1) is 16.8 Å². The van der Waals surface area contributed by atoms with Crippen LogP contribution in [0.5, 0.6) is 0 Å². The summed E-state index contributed by atoms with van der Waals surface area (Å²) in [4.78, 5) is 16.3. The molecule has 0 atom stereocenters. The van der Waals surface area contributed by atoms with E-state index in [1.807, 2.05) is 48.5 Å². The molecule has 0 unspecified atom stereocenters. The summed E-state index contributed by atoms with van der Waals surface area (Å²) < 4.78 is 17.8. The van der Waals surface area contributed by atoms with Crippen LogP contribution in [0.2, 0.25) is 0 Å². The molecule has 1 aliphatic heterocycles. The van der Waals surface area contributed by atoms with Crippen molar-refractivity contribution < 1.29 is 18.8 Å². The van der Waals surface area contributed by atoms with E-state index in [-0.39, 0.29) is 0 Å². The van der Waals surface area contributed by atoms with Gasteiger partial charge >= 0.3 is 13.2 Å². The smallest absolute Gasteiger partial charge is 0.444 e. The normalized spacial score (nSPS) is 19.2. The molecule has 1 aromatic rings. The largest absolute Gasteiger partial charge is 0.514 e. The fraction of sp³-hybridized carbons (Fsp3) is 0.625. The molecule has 2 heterocycles. The number of carbonyl (C=O) groups is 1. The molecule has 1 amide bonds. The van der Waals surface area contributed by atoms with Gasteiger partial charge in [0.25, 0.3) is 0 Å². The number of carbonyl (C=O) groups excluding carboxylic acids is 1. The molecule has 0 aromatic carbocycles. The van der Waals surface area contributed by atoms with Gasteiger partial charge in [0.15, 0.2) is 0 Å². The van der Waals surface area contributed by atoms with Crippen LogP contribution >= 0.6 is 15.9 Å². The summed E-state index contributed by atoms with van der Waals surface area (Å²) >= 11 is 3.35. The maximum absolute atomic E-state index is 11.9. The van der Waals surface area contributed by atoms with E-state index in [0.29, 0.717) is 15.9 Å². The first-order chi connectivity index (χ1) is 10.8. The van der Waals surface area contributed by atoms with Gasteiger partial charge in [-0.15, -0.1) is 0 Å². The summed E-state index contributed by atoms with van der Waals surface area (Å²) in [6.45, 7) is 13.3. The highest BCUT2D eigenvalue weighted by atomic mass is 79.9. The number of ether oxygens (including phenoxy) is 1. The minimum Gasteiger partial charge on any atom is -0.444 e. The lowest BCUT2D eigenvalue weighted by Gasteiger charge is -2.32. The summed E-state index contributed by atoms with van der Waals surface area (Å²) in [6, 6.07) is 3.41. The number of hydrogen-bond donors (Lipinski definition) is 1. The fourth-order valence-electron chi connectivity index (χ4n) is 2.10. The zero-order valence-corrected chi connectivity index (χ0v) is 16.8. The van der Waals surface area contributed by atoms with Crippen LogP contribution in [0.4, 0.5) is 10.5 Å². The zero-order chi connectivity index (χ0) is 18.3. The summed E-state index contributed by atoms with van der Waals surface area (Å²) in [5.74, 6) is 0. The second kappa shape index (κ2) is 6.31. The third-order valence-electron chi connectivity index (χ3n) is 3.95. The van der Waals surface area contributed by atoms with Crippen molar-refractivity contribution in [2.45, 2.75) is 65.3 Å². The molecule has 24 heavy (non-hydrogen) atoms. The Labute approximate surface area is 151 Å². The monoisotopic (exact) mass is 398 g/mol. The van der Waals surface area contributed by atoms with Crippen molar-refractivity contribution in [3.8, 4) is 0 Å². The minimum atomic E-state index is -0.605. The second-order valence-electron chi connectivity index (χ2n) is 7.82. The number of anilines is 1. The van der Waals surface area contributed by atoms with Crippen LogP contribution in [0.15, 0.2) is 16.7 Å². The van der Waals surface area contributed by atoms with Crippen molar-refractivity contribution in [2.24, 2.45) is 0 Å². The van der Waals surface area contributed by atoms with Crippen LogP contribution in [0.3, 0.4) is 0 Å². The number of nitrogens with zero attached hydrogens (tertiary/aromatic N) is 1. The van der Waals surface area contributed by atoms with Gasteiger partial charge in [0, 0.05) is 5.69 Å². The van der Waals surface area contributed by atoms with Crippen molar-refractivity contribution in [3.05, 3.63) is 16.7 Å². The topological polar surface area (TPSA) is 69.7 Å². The Hall–Kier alpha value is -1.12. The molecular formula is C16H24BBrN2O4. The molecule has 0 spiro atoms. The first-order valence-corrected chi connectivity index (χ1v) is 8.61. The summed E-state index contributed by atoms with van der Waals surface area (Å²) in [5, 5.41) is 2.70. The van der Waals surface area contributed by atoms with Crippen LogP contribution in [0, 0.1) is 0 Å². The Morgan fingerprint density at radius 1 is 1.21 bits per heavy atom. The molecule has 2 rings (SSSR count). The van der Waals surface area contributed by atoms with Gasteiger partial charge in [-0.25, -0.2) is 9.78 Å². The predicted molar refractivity (Wildman–Crippen MR) is 97.5 cm³/mol.